The van der Waals surface area contributed by atoms with Crippen LogP contribution in [-0.4, -0.2) is 41.0 Å². The van der Waals surface area contributed by atoms with Crippen LogP contribution < -0.4 is 10.6 Å². The third-order valence-electron chi connectivity index (χ3n) is 6.00. The number of anilines is 1. The number of primary amides is 1. The summed E-state index contributed by atoms with van der Waals surface area (Å²) >= 11 is 0. The number of benzene rings is 3. The van der Waals surface area contributed by atoms with E-state index < -0.39 is 36.1 Å². The Balaban J connectivity index is 1.77. The van der Waals surface area contributed by atoms with Crippen molar-refractivity contribution >= 4 is 23.5 Å². The standard InChI is InChI=1S/C29H23F3N4O3/c1-35(27(38)22-15-8-14-21(25(33)37)24(22)20-12-6-3-7-13-20)26-23(16-9-17-34-26)28(39)36(29(30,31)32)18-19-10-4-2-5-11-19/h2-17H,18H2,1H3,(H2,33,37). The van der Waals surface area contributed by atoms with Crippen LogP contribution in [0.5, 0.6) is 0 Å². The number of nitrogens with two attached hydrogens (primary N) is 1. The maximum Gasteiger partial charge on any atom is 0.487 e. The molecule has 1 heterocycles. The Labute approximate surface area is 222 Å². The van der Waals surface area contributed by atoms with E-state index in [0.717, 1.165) is 4.90 Å². The third kappa shape index (κ3) is 5.80. The summed E-state index contributed by atoms with van der Waals surface area (Å²) in [4.78, 5) is 44.0. The molecular formula is C29H23F3N4O3. The van der Waals surface area contributed by atoms with Crippen LogP contribution in [0.15, 0.2) is 97.2 Å². The van der Waals surface area contributed by atoms with Gasteiger partial charge in [0.1, 0.15) is 5.82 Å². The molecule has 0 aliphatic carbocycles. The van der Waals surface area contributed by atoms with Gasteiger partial charge in [-0.3, -0.25) is 19.3 Å². The SMILES string of the molecule is CN(C(=O)c1cccc(C(N)=O)c1-c1ccccc1)c1ncccc1C(=O)N(Cc1ccccc1)C(F)(F)F. The number of alkyl halides is 3. The monoisotopic (exact) mass is 532 g/mol. The van der Waals surface area contributed by atoms with Gasteiger partial charge in [0.05, 0.1) is 12.1 Å². The highest BCUT2D eigenvalue weighted by molar-refractivity contribution is 6.15. The van der Waals surface area contributed by atoms with Gasteiger partial charge in [-0.1, -0.05) is 66.7 Å². The highest BCUT2D eigenvalue weighted by Crippen LogP contribution is 2.32. The lowest BCUT2D eigenvalue weighted by Crippen LogP contribution is -2.43. The van der Waals surface area contributed by atoms with Gasteiger partial charge in [0.25, 0.3) is 11.8 Å². The minimum absolute atomic E-state index is 0.0565. The van der Waals surface area contributed by atoms with Crippen LogP contribution in [0.2, 0.25) is 0 Å². The fourth-order valence-corrected chi connectivity index (χ4v) is 4.15. The Kier molecular flexibility index (Phi) is 7.75. The molecule has 0 saturated heterocycles. The molecule has 4 rings (SSSR count). The molecule has 3 amide bonds. The maximum atomic E-state index is 14.0. The van der Waals surface area contributed by atoms with Crippen molar-refractivity contribution in [2.75, 3.05) is 11.9 Å². The van der Waals surface area contributed by atoms with Gasteiger partial charge in [-0.05, 0) is 35.4 Å². The molecule has 198 valence electrons. The van der Waals surface area contributed by atoms with Gasteiger partial charge >= 0.3 is 6.30 Å². The van der Waals surface area contributed by atoms with E-state index in [9.17, 15) is 27.6 Å². The van der Waals surface area contributed by atoms with Gasteiger partial charge in [0.2, 0.25) is 5.91 Å². The first-order chi connectivity index (χ1) is 18.6. The first kappa shape index (κ1) is 27.1. The third-order valence-corrected chi connectivity index (χ3v) is 6.00. The molecule has 10 heteroatoms. The van der Waals surface area contributed by atoms with E-state index in [0.29, 0.717) is 5.56 Å². The van der Waals surface area contributed by atoms with Crippen LogP contribution in [0.1, 0.15) is 36.6 Å². The lowest BCUT2D eigenvalue weighted by molar-refractivity contribution is -0.227. The van der Waals surface area contributed by atoms with E-state index in [1.807, 2.05) is 0 Å². The van der Waals surface area contributed by atoms with Gasteiger partial charge in [-0.25, -0.2) is 9.88 Å². The van der Waals surface area contributed by atoms with Crippen molar-refractivity contribution in [3.05, 3.63) is 119 Å². The van der Waals surface area contributed by atoms with E-state index in [1.54, 1.807) is 48.5 Å². The summed E-state index contributed by atoms with van der Waals surface area (Å²) < 4.78 is 42.1. The number of pyridine rings is 1. The zero-order chi connectivity index (χ0) is 28.2. The fraction of sp³-hybridized carbons (Fsp3) is 0.103. The summed E-state index contributed by atoms with van der Waals surface area (Å²) in [6.07, 6.45) is -3.73. The van der Waals surface area contributed by atoms with Crippen molar-refractivity contribution < 1.29 is 27.6 Å². The Hall–Kier alpha value is -4.99. The summed E-state index contributed by atoms with van der Waals surface area (Å²) in [5, 5.41) is 0. The predicted octanol–water partition coefficient (Wildman–Crippen LogP) is 5.29. The zero-order valence-electron chi connectivity index (χ0n) is 20.7. The molecule has 3 aromatic carbocycles. The largest absolute Gasteiger partial charge is 0.487 e. The molecule has 39 heavy (non-hydrogen) atoms. The second-order valence-corrected chi connectivity index (χ2v) is 8.54. The van der Waals surface area contributed by atoms with Gasteiger partial charge in [0, 0.05) is 29.9 Å². The van der Waals surface area contributed by atoms with Crippen molar-refractivity contribution in [2.45, 2.75) is 12.8 Å². The van der Waals surface area contributed by atoms with Crippen LogP contribution >= 0.6 is 0 Å². The van der Waals surface area contributed by atoms with Crippen molar-refractivity contribution in [1.82, 2.24) is 9.88 Å². The maximum absolute atomic E-state index is 14.0. The van der Waals surface area contributed by atoms with Crippen LogP contribution in [0.4, 0.5) is 19.0 Å². The second-order valence-electron chi connectivity index (χ2n) is 8.54. The van der Waals surface area contributed by atoms with Crippen molar-refractivity contribution in [1.29, 1.82) is 0 Å². The molecule has 4 aromatic rings. The van der Waals surface area contributed by atoms with Crippen LogP contribution in [-0.2, 0) is 6.54 Å². The lowest BCUT2D eigenvalue weighted by atomic mass is 9.93. The van der Waals surface area contributed by atoms with Crippen molar-refractivity contribution in [3.8, 4) is 11.1 Å². The molecule has 0 saturated carbocycles. The smallest absolute Gasteiger partial charge is 0.366 e. The molecule has 2 N–H and O–H groups in total. The Morgan fingerprint density at radius 2 is 1.36 bits per heavy atom. The van der Waals surface area contributed by atoms with Crippen LogP contribution in [0, 0.1) is 0 Å². The summed E-state index contributed by atoms with van der Waals surface area (Å²) in [6.45, 7) is -0.728. The average molecular weight is 533 g/mol. The molecule has 0 radical (unpaired) electrons. The first-order valence-electron chi connectivity index (χ1n) is 11.7. The minimum atomic E-state index is -5.00. The molecular weight excluding hydrogens is 509 g/mol. The number of amides is 3. The first-order valence-corrected chi connectivity index (χ1v) is 11.7. The number of nitrogens with zero attached hydrogens (tertiary/aromatic N) is 3. The summed E-state index contributed by atoms with van der Waals surface area (Å²) in [5.74, 6) is -3.12. The molecule has 1 aromatic heterocycles. The Morgan fingerprint density at radius 1 is 0.769 bits per heavy atom. The molecule has 0 bridgehead atoms. The van der Waals surface area contributed by atoms with Gasteiger partial charge in [-0.2, -0.15) is 0 Å². The number of carbonyl (C=O) groups excluding carboxylic acids is 3. The lowest BCUT2D eigenvalue weighted by Gasteiger charge is -2.27. The highest BCUT2D eigenvalue weighted by Gasteiger charge is 2.42. The summed E-state index contributed by atoms with van der Waals surface area (Å²) in [7, 11) is 1.29. The summed E-state index contributed by atoms with van der Waals surface area (Å²) in [5.41, 5.74) is 6.36. The van der Waals surface area contributed by atoms with Crippen LogP contribution in [0.25, 0.3) is 11.1 Å². The van der Waals surface area contributed by atoms with Crippen LogP contribution in [0.3, 0.4) is 0 Å². The van der Waals surface area contributed by atoms with Crippen molar-refractivity contribution in [3.63, 3.8) is 0 Å². The number of hydrogen-bond donors (Lipinski definition) is 1. The number of carbonyl (C=O) groups is 3. The Bertz CT molecular complexity index is 1510. The van der Waals surface area contributed by atoms with E-state index in [4.69, 9.17) is 5.73 Å². The molecule has 0 spiro atoms. The predicted molar refractivity (Wildman–Crippen MR) is 140 cm³/mol. The molecule has 0 aliphatic heterocycles. The Morgan fingerprint density at radius 3 is 1.97 bits per heavy atom. The molecule has 0 unspecified atom stereocenters. The summed E-state index contributed by atoms with van der Waals surface area (Å²) in [6, 6.07) is 23.2. The molecule has 0 aliphatic rings. The van der Waals surface area contributed by atoms with Crippen molar-refractivity contribution in [2.24, 2.45) is 5.73 Å². The van der Waals surface area contributed by atoms with E-state index in [2.05, 4.69) is 4.98 Å². The highest BCUT2D eigenvalue weighted by atomic mass is 19.4. The van der Waals surface area contributed by atoms with Gasteiger partial charge in [0.15, 0.2) is 0 Å². The second kappa shape index (κ2) is 11.2. The average Bonchev–Trinajstić information content (AvgIpc) is 2.94. The normalized spacial score (nSPS) is 11.1. The number of aromatic nitrogens is 1. The quantitative estimate of drug-likeness (QED) is 0.327. The van der Waals surface area contributed by atoms with E-state index >= 15 is 0 Å². The fourth-order valence-electron chi connectivity index (χ4n) is 4.15. The van der Waals surface area contributed by atoms with E-state index in [1.165, 1.54) is 55.7 Å². The number of rotatable bonds is 7. The topological polar surface area (TPSA) is 96.6 Å². The molecule has 7 nitrogen and oxygen atoms in total. The molecule has 0 atom stereocenters. The number of hydrogen-bond acceptors (Lipinski definition) is 4. The van der Waals surface area contributed by atoms with Gasteiger partial charge in [-0.15, -0.1) is 13.2 Å². The minimum Gasteiger partial charge on any atom is -0.366 e. The number of halogens is 3. The molecule has 0 fully saturated rings. The van der Waals surface area contributed by atoms with Gasteiger partial charge < -0.3 is 5.73 Å². The zero-order valence-corrected chi connectivity index (χ0v) is 20.7. The van der Waals surface area contributed by atoms with E-state index in [-0.39, 0.29) is 33.0 Å².